The smallest absolute Gasteiger partial charge is 0 e. The van der Waals surface area contributed by atoms with E-state index >= 15 is 0 Å². The van der Waals surface area contributed by atoms with Crippen LogP contribution in [0.2, 0.25) is 0 Å². The molecule has 0 aliphatic heterocycles. The fraction of sp³-hybridized carbons (Fsp3) is 0. The summed E-state index contributed by atoms with van der Waals surface area (Å²) in [5.41, 5.74) is 0. The summed E-state index contributed by atoms with van der Waals surface area (Å²) in [6.07, 6.45) is 0. The standard InChI is InChI=1S/Ir.Ru.Sn.Ti.H. The van der Waals surface area contributed by atoms with E-state index in [9.17, 15) is 0 Å². The van der Waals surface area contributed by atoms with E-state index in [4.69, 9.17) is 0 Å². The number of rotatable bonds is 0. The molecule has 0 saturated heterocycles. The molecule has 0 amide bonds. The normalized spacial score (nSPS) is 0. The third kappa shape index (κ3) is 8.84. The summed E-state index contributed by atoms with van der Waals surface area (Å²) in [5.74, 6) is 0. The first-order valence-corrected chi connectivity index (χ1v) is 0. The minimum atomic E-state index is 0. The minimum absolute atomic E-state index is 0. The van der Waals surface area contributed by atoms with E-state index in [0.29, 0.717) is 0 Å². The van der Waals surface area contributed by atoms with Crippen molar-refractivity contribution in [3.05, 3.63) is 0 Å². The van der Waals surface area contributed by atoms with E-state index in [-0.39, 0.29) is 85.2 Å². The second-order valence-corrected chi connectivity index (χ2v) is 0. The Balaban J connectivity index is 0. The second kappa shape index (κ2) is 17.1. The molecule has 0 bridgehead atoms. The molecule has 0 fully saturated rings. The van der Waals surface area contributed by atoms with Gasteiger partial charge in [0.1, 0.15) is 0 Å². The van der Waals surface area contributed by atoms with Crippen LogP contribution >= 0.6 is 0 Å². The van der Waals surface area contributed by atoms with Crippen LogP contribution in [0.1, 0.15) is 0 Å². The summed E-state index contributed by atoms with van der Waals surface area (Å²) in [7, 11) is 0. The van der Waals surface area contributed by atoms with Gasteiger partial charge in [-0.3, -0.25) is 0 Å². The topological polar surface area (TPSA) is 0 Å². The van der Waals surface area contributed by atoms with Gasteiger partial charge in [-0.25, -0.2) is 0 Å². The largest absolute Gasteiger partial charge is 0 e. The third-order valence-corrected chi connectivity index (χ3v) is 0. The van der Waals surface area contributed by atoms with E-state index in [1.807, 2.05) is 0 Å². The van der Waals surface area contributed by atoms with E-state index in [2.05, 4.69) is 0 Å². The molecule has 0 aliphatic rings. The van der Waals surface area contributed by atoms with E-state index < -0.39 is 0 Å². The van der Waals surface area contributed by atoms with Crippen LogP contribution in [0, 0.1) is 0 Å². The Kier molecular flexibility index (Phi) is 125. The summed E-state index contributed by atoms with van der Waals surface area (Å²) in [6, 6.07) is 0. The van der Waals surface area contributed by atoms with Crippen molar-refractivity contribution in [2.24, 2.45) is 0 Å². The summed E-state index contributed by atoms with van der Waals surface area (Å²) < 4.78 is 0. The third-order valence-electron chi connectivity index (χ3n) is 0. The Bertz CT molecular complexity index is 8.00. The maximum Gasteiger partial charge on any atom is 0 e. The van der Waals surface area contributed by atoms with Gasteiger partial charge in [0.2, 0.25) is 0 Å². The molecular formula is HIrRuSnTi. The molecular weight excluding hydrogens is 460 g/mol. The Morgan fingerprint density at radius 3 is 1.00 bits per heavy atom. The Hall–Kier alpha value is 2.79. The molecule has 0 saturated carbocycles. The zero-order valence-corrected chi connectivity index (χ0v) is 10.8. The molecule has 0 spiro atoms. The fourth-order valence-corrected chi connectivity index (χ4v) is 0. The average molecular weight is 461 g/mol. The first-order chi connectivity index (χ1) is 0. The fourth-order valence-electron chi connectivity index (χ4n) is 0. The van der Waals surface area contributed by atoms with E-state index in [0.717, 1.165) is 0 Å². The van der Waals surface area contributed by atoms with Crippen LogP contribution in [-0.4, -0.2) is 23.9 Å². The summed E-state index contributed by atoms with van der Waals surface area (Å²) in [5, 5.41) is 0. The van der Waals surface area contributed by atoms with Crippen LogP contribution < -0.4 is 0 Å². The predicted molar refractivity (Wildman–Crippen MR) is 7.15 cm³/mol. The van der Waals surface area contributed by atoms with E-state index in [1.54, 1.807) is 0 Å². The van der Waals surface area contributed by atoms with Crippen molar-refractivity contribution in [3.8, 4) is 0 Å². The molecule has 0 nitrogen and oxygen atoms in total. The molecule has 0 aromatic heterocycles. The molecule has 0 rings (SSSR count). The van der Waals surface area contributed by atoms with E-state index in [1.165, 1.54) is 0 Å². The van der Waals surface area contributed by atoms with Crippen molar-refractivity contribution >= 4 is 23.9 Å². The van der Waals surface area contributed by atoms with Crippen molar-refractivity contribution in [1.82, 2.24) is 0 Å². The van der Waals surface area contributed by atoms with Gasteiger partial charge in [0, 0.05) is 61.3 Å². The van der Waals surface area contributed by atoms with Crippen LogP contribution in [0.3, 0.4) is 0 Å². The Morgan fingerprint density at radius 2 is 1.00 bits per heavy atom. The number of hydrogen-bond donors (Lipinski definition) is 0. The quantitative estimate of drug-likeness (QED) is 0.421. The molecule has 0 aromatic rings. The van der Waals surface area contributed by atoms with Crippen LogP contribution in [-0.2, 0) is 61.3 Å². The van der Waals surface area contributed by atoms with Gasteiger partial charge in [-0.15, -0.1) is 0 Å². The monoisotopic (exact) mass is 464 g/mol. The maximum absolute atomic E-state index is 0. The van der Waals surface area contributed by atoms with Gasteiger partial charge in [0.25, 0.3) is 0 Å². The van der Waals surface area contributed by atoms with Crippen LogP contribution in [0.4, 0.5) is 0 Å². The SMILES string of the molecule is [Ir].[Ru].[SnH].[Ti]. The minimum Gasteiger partial charge on any atom is 0 e. The molecule has 4 heteroatoms. The molecule has 0 heterocycles. The van der Waals surface area contributed by atoms with Crippen molar-refractivity contribution < 1.29 is 61.3 Å². The van der Waals surface area contributed by atoms with Crippen molar-refractivity contribution in [2.45, 2.75) is 0 Å². The average Bonchev–Trinajstić information content (AvgIpc) is 0. The summed E-state index contributed by atoms with van der Waals surface area (Å²) in [6.45, 7) is 0. The van der Waals surface area contributed by atoms with Gasteiger partial charge in [-0.1, -0.05) is 0 Å². The molecule has 0 unspecified atom stereocenters. The Morgan fingerprint density at radius 1 is 1.00 bits per heavy atom. The Labute approximate surface area is 83.8 Å². The molecule has 0 aliphatic carbocycles. The van der Waals surface area contributed by atoms with Crippen molar-refractivity contribution in [3.63, 3.8) is 0 Å². The molecule has 4 heavy (non-hydrogen) atoms. The van der Waals surface area contributed by atoms with Gasteiger partial charge in [0.05, 0.1) is 0 Å². The van der Waals surface area contributed by atoms with Crippen LogP contribution in [0.15, 0.2) is 0 Å². The van der Waals surface area contributed by atoms with Crippen molar-refractivity contribution in [2.75, 3.05) is 0 Å². The zero-order valence-electron chi connectivity index (χ0n) is 1.76. The van der Waals surface area contributed by atoms with Crippen LogP contribution in [0.5, 0.6) is 0 Å². The second-order valence-electron chi connectivity index (χ2n) is 0. The summed E-state index contributed by atoms with van der Waals surface area (Å²) in [4.78, 5) is 0. The molecule has 0 aromatic carbocycles. The molecule has 4 radical (unpaired) electrons. The first-order valence-electron chi connectivity index (χ1n) is 0. The number of hydrogen-bond acceptors (Lipinski definition) is 0. The van der Waals surface area contributed by atoms with Gasteiger partial charge in [-0.05, 0) is 0 Å². The first kappa shape index (κ1) is 29.3. The maximum atomic E-state index is 0. The van der Waals surface area contributed by atoms with Gasteiger partial charge >= 0.3 is 23.9 Å². The van der Waals surface area contributed by atoms with Gasteiger partial charge in [0.15, 0.2) is 0 Å². The van der Waals surface area contributed by atoms with Crippen molar-refractivity contribution in [1.29, 1.82) is 0 Å². The van der Waals surface area contributed by atoms with Gasteiger partial charge < -0.3 is 0 Å². The predicted octanol–water partition coefficient (Wildman–Crippen LogP) is -0.656. The van der Waals surface area contributed by atoms with Gasteiger partial charge in [-0.2, -0.15) is 0 Å². The molecule has 0 N–H and O–H groups in total. The summed E-state index contributed by atoms with van der Waals surface area (Å²) >= 11 is 0. The molecule has 0 atom stereocenters. The van der Waals surface area contributed by atoms with Crippen LogP contribution in [0.25, 0.3) is 0 Å². The zero-order chi connectivity index (χ0) is 0. The molecule has 26 valence electrons.